The maximum Gasteiger partial charge on any atom is 0.327 e. The predicted octanol–water partition coefficient (Wildman–Crippen LogP) is 1.52. The fraction of sp³-hybridized carbons (Fsp3) is 0.545. The number of aliphatic hydroxyl groups excluding tert-OH is 1. The van der Waals surface area contributed by atoms with E-state index in [0.29, 0.717) is 0 Å². The van der Waals surface area contributed by atoms with Crippen LogP contribution in [0.25, 0.3) is 0 Å². The summed E-state index contributed by atoms with van der Waals surface area (Å²) in [4.78, 5) is 14.2. The lowest BCUT2D eigenvalue weighted by atomic mass is 10.0. The molecule has 0 saturated carbocycles. The molecule has 1 aliphatic heterocycles. The molecule has 1 N–H and O–H groups in total. The van der Waals surface area contributed by atoms with Crippen molar-refractivity contribution in [2.45, 2.75) is 25.7 Å². The van der Waals surface area contributed by atoms with Crippen LogP contribution >= 0.6 is 11.6 Å². The van der Waals surface area contributed by atoms with Gasteiger partial charge in [-0.25, -0.2) is 14.1 Å². The molecule has 104 valence electrons. The number of urea groups is 1. The minimum absolute atomic E-state index is 0.0641. The number of β-amino-alcohol motifs (C(OH)–C–C–N with tert-alkyl or cyclic N) is 1. The molecule has 8 heteroatoms. The fourth-order valence-corrected chi connectivity index (χ4v) is 2.18. The first-order valence-corrected chi connectivity index (χ1v) is 6.04. The van der Waals surface area contributed by atoms with Crippen LogP contribution in [-0.4, -0.2) is 46.1 Å². The maximum absolute atomic E-state index is 14.0. The van der Waals surface area contributed by atoms with Crippen LogP contribution in [0.2, 0.25) is 5.15 Å². The lowest BCUT2D eigenvalue weighted by Gasteiger charge is -2.21. The van der Waals surface area contributed by atoms with Gasteiger partial charge in [-0.2, -0.15) is 0 Å². The largest absolute Gasteiger partial charge is 0.371 e. The molecular weight excluding hydrogens is 275 g/mol. The molecule has 0 bridgehead atoms. The summed E-state index contributed by atoms with van der Waals surface area (Å²) in [6, 6.07) is 0.905. The van der Waals surface area contributed by atoms with E-state index >= 15 is 0 Å². The summed E-state index contributed by atoms with van der Waals surface area (Å²) in [5.74, 6) is 0.0759. The number of carbonyl (C=O) groups is 1. The SMILES string of the molecule is CN1CC(O)N(c2cc(C(C)(C)F)c(Cl)nn2)C1=O. The van der Waals surface area contributed by atoms with Gasteiger partial charge in [0.2, 0.25) is 0 Å². The molecule has 1 atom stereocenters. The summed E-state index contributed by atoms with van der Waals surface area (Å²) in [5, 5.41) is 17.1. The predicted molar refractivity (Wildman–Crippen MR) is 67.7 cm³/mol. The molecular formula is C11H14ClFN4O2. The molecule has 1 aromatic rings. The van der Waals surface area contributed by atoms with Crippen molar-refractivity contribution in [2.75, 3.05) is 18.5 Å². The van der Waals surface area contributed by atoms with Gasteiger partial charge in [0.15, 0.2) is 17.2 Å². The number of nitrogens with zero attached hydrogens (tertiary/aromatic N) is 4. The molecule has 2 rings (SSSR count). The Kier molecular flexibility index (Phi) is 3.36. The second-order valence-electron chi connectivity index (χ2n) is 4.89. The number of hydrogen-bond donors (Lipinski definition) is 1. The minimum atomic E-state index is -1.72. The molecule has 0 aromatic carbocycles. The van der Waals surface area contributed by atoms with E-state index in [-0.39, 0.29) is 23.1 Å². The molecule has 19 heavy (non-hydrogen) atoms. The van der Waals surface area contributed by atoms with Crippen molar-refractivity contribution in [3.05, 3.63) is 16.8 Å². The molecule has 6 nitrogen and oxygen atoms in total. The van der Waals surface area contributed by atoms with Crippen LogP contribution < -0.4 is 4.90 Å². The average Bonchev–Trinajstić information content (AvgIpc) is 2.53. The summed E-state index contributed by atoms with van der Waals surface area (Å²) in [7, 11) is 1.55. The van der Waals surface area contributed by atoms with E-state index in [0.717, 1.165) is 4.90 Å². The third kappa shape index (κ3) is 2.48. The number of amides is 2. The zero-order chi connectivity index (χ0) is 14.4. The van der Waals surface area contributed by atoms with E-state index in [1.807, 2.05) is 0 Å². The van der Waals surface area contributed by atoms with Gasteiger partial charge >= 0.3 is 6.03 Å². The van der Waals surface area contributed by atoms with Gasteiger partial charge < -0.3 is 10.0 Å². The number of anilines is 1. The summed E-state index contributed by atoms with van der Waals surface area (Å²) < 4.78 is 14.0. The smallest absolute Gasteiger partial charge is 0.327 e. The number of hydrogen-bond acceptors (Lipinski definition) is 4. The lowest BCUT2D eigenvalue weighted by molar-refractivity contribution is 0.182. The Morgan fingerprint density at radius 1 is 1.53 bits per heavy atom. The van der Waals surface area contributed by atoms with E-state index in [4.69, 9.17) is 11.6 Å². The number of aliphatic hydroxyl groups is 1. The minimum Gasteiger partial charge on any atom is -0.371 e. The molecule has 1 saturated heterocycles. The van der Waals surface area contributed by atoms with E-state index in [2.05, 4.69) is 10.2 Å². The van der Waals surface area contributed by atoms with Gasteiger partial charge in [0, 0.05) is 12.6 Å². The third-order valence-corrected chi connectivity index (χ3v) is 3.17. The fourth-order valence-electron chi connectivity index (χ4n) is 1.87. The van der Waals surface area contributed by atoms with E-state index in [9.17, 15) is 14.3 Å². The average molecular weight is 289 g/mol. The van der Waals surface area contributed by atoms with Gasteiger partial charge in [-0.05, 0) is 19.9 Å². The molecule has 0 spiro atoms. The van der Waals surface area contributed by atoms with Crippen molar-refractivity contribution in [1.29, 1.82) is 0 Å². The summed E-state index contributed by atoms with van der Waals surface area (Å²) >= 11 is 5.80. The standard InChI is InChI=1S/C11H14ClFN4O2/c1-11(2,13)6-4-7(14-15-9(6)12)17-8(18)5-16(3)10(17)19/h4,8,18H,5H2,1-3H3. The molecule has 1 unspecified atom stereocenters. The van der Waals surface area contributed by atoms with E-state index in [1.54, 1.807) is 7.05 Å². The second-order valence-corrected chi connectivity index (χ2v) is 5.25. The van der Waals surface area contributed by atoms with Crippen LogP contribution in [0.1, 0.15) is 19.4 Å². The Morgan fingerprint density at radius 3 is 2.63 bits per heavy atom. The first kappa shape index (κ1) is 14.0. The van der Waals surface area contributed by atoms with Crippen molar-refractivity contribution in [3.8, 4) is 0 Å². The van der Waals surface area contributed by atoms with Gasteiger partial charge in [-0.3, -0.25) is 0 Å². The number of likely N-dealkylation sites (N-methyl/N-ethyl adjacent to an activating group) is 1. The zero-order valence-electron chi connectivity index (χ0n) is 10.8. The Balaban J connectivity index is 2.45. The molecule has 2 amide bonds. The van der Waals surface area contributed by atoms with Crippen LogP contribution in [0.3, 0.4) is 0 Å². The van der Waals surface area contributed by atoms with Crippen molar-refractivity contribution in [3.63, 3.8) is 0 Å². The lowest BCUT2D eigenvalue weighted by Crippen LogP contribution is -2.35. The Bertz CT molecular complexity index is 520. The Hall–Kier alpha value is -1.47. The topological polar surface area (TPSA) is 69.6 Å². The molecule has 0 aliphatic carbocycles. The van der Waals surface area contributed by atoms with Crippen LogP contribution in [0, 0.1) is 0 Å². The maximum atomic E-state index is 14.0. The number of aromatic nitrogens is 2. The Labute approximate surface area is 114 Å². The highest BCUT2D eigenvalue weighted by molar-refractivity contribution is 6.30. The number of alkyl halides is 1. The van der Waals surface area contributed by atoms with Gasteiger partial charge in [0.25, 0.3) is 0 Å². The van der Waals surface area contributed by atoms with Gasteiger partial charge in [0.1, 0.15) is 5.67 Å². The van der Waals surface area contributed by atoms with Crippen molar-refractivity contribution < 1.29 is 14.3 Å². The molecule has 0 radical (unpaired) electrons. The first-order valence-electron chi connectivity index (χ1n) is 5.67. The molecule has 1 fully saturated rings. The number of halogens is 2. The van der Waals surface area contributed by atoms with E-state index in [1.165, 1.54) is 24.8 Å². The van der Waals surface area contributed by atoms with E-state index < -0.39 is 17.9 Å². The summed E-state index contributed by atoms with van der Waals surface area (Å²) in [6.07, 6.45) is -1.04. The highest BCUT2D eigenvalue weighted by atomic mass is 35.5. The highest BCUT2D eigenvalue weighted by Gasteiger charge is 2.37. The van der Waals surface area contributed by atoms with Crippen molar-refractivity contribution in [1.82, 2.24) is 15.1 Å². The molecule has 2 heterocycles. The normalized spacial score (nSPS) is 20.3. The van der Waals surface area contributed by atoms with Crippen LogP contribution in [0.15, 0.2) is 6.07 Å². The van der Waals surface area contributed by atoms with Crippen LogP contribution in [0.4, 0.5) is 15.0 Å². The summed E-state index contributed by atoms with van der Waals surface area (Å²) in [6.45, 7) is 2.81. The zero-order valence-corrected chi connectivity index (χ0v) is 11.5. The number of rotatable bonds is 2. The van der Waals surface area contributed by atoms with Crippen LogP contribution in [-0.2, 0) is 5.67 Å². The molecule has 1 aliphatic rings. The Morgan fingerprint density at radius 2 is 2.16 bits per heavy atom. The number of carbonyl (C=O) groups excluding carboxylic acids is 1. The third-order valence-electron chi connectivity index (χ3n) is 2.89. The van der Waals surface area contributed by atoms with Crippen molar-refractivity contribution >= 4 is 23.4 Å². The second kappa shape index (κ2) is 4.57. The van der Waals surface area contributed by atoms with Gasteiger partial charge in [0.05, 0.1) is 6.54 Å². The van der Waals surface area contributed by atoms with Crippen molar-refractivity contribution in [2.24, 2.45) is 0 Å². The van der Waals surface area contributed by atoms with Gasteiger partial charge in [-0.1, -0.05) is 11.6 Å². The quantitative estimate of drug-likeness (QED) is 0.896. The highest BCUT2D eigenvalue weighted by Crippen LogP contribution is 2.32. The monoisotopic (exact) mass is 288 g/mol. The molecule has 1 aromatic heterocycles. The van der Waals surface area contributed by atoms with Gasteiger partial charge in [-0.15, -0.1) is 10.2 Å². The first-order chi connectivity index (χ1) is 8.71. The van der Waals surface area contributed by atoms with Crippen LogP contribution in [0.5, 0.6) is 0 Å². The summed E-state index contributed by atoms with van der Waals surface area (Å²) in [5.41, 5.74) is -1.60.